The van der Waals surface area contributed by atoms with Crippen LogP contribution in [0.2, 0.25) is 0 Å². The van der Waals surface area contributed by atoms with Gasteiger partial charge in [-0.25, -0.2) is 13.1 Å². The number of carbonyl (C=O) groups is 1. The minimum Gasteiger partial charge on any atom is -0.378 e. The molecule has 0 spiro atoms. The van der Waals surface area contributed by atoms with Gasteiger partial charge in [-0.1, -0.05) is 25.1 Å². The van der Waals surface area contributed by atoms with Crippen LogP contribution in [-0.4, -0.2) is 35.0 Å². The number of hydrogen-bond donors (Lipinski definition) is 2. The number of hydrogen-bond acceptors (Lipinski definition) is 4. The van der Waals surface area contributed by atoms with Gasteiger partial charge in [0.25, 0.3) is 5.91 Å². The van der Waals surface area contributed by atoms with Gasteiger partial charge < -0.3 is 10.2 Å². The highest BCUT2D eigenvalue weighted by molar-refractivity contribution is 7.89. The van der Waals surface area contributed by atoms with Crippen molar-refractivity contribution in [1.29, 1.82) is 0 Å². The summed E-state index contributed by atoms with van der Waals surface area (Å²) in [5.41, 5.74) is 2.36. The van der Waals surface area contributed by atoms with Crippen LogP contribution in [0.15, 0.2) is 53.4 Å². The van der Waals surface area contributed by atoms with Gasteiger partial charge in [0, 0.05) is 38.4 Å². The summed E-state index contributed by atoms with van der Waals surface area (Å²) < 4.78 is 26.5. The summed E-state index contributed by atoms with van der Waals surface area (Å²) in [4.78, 5) is 14.4. The predicted molar refractivity (Wildman–Crippen MR) is 99.2 cm³/mol. The summed E-state index contributed by atoms with van der Waals surface area (Å²) in [5.74, 6) is -0.315. The molecule has 0 aliphatic heterocycles. The van der Waals surface area contributed by atoms with E-state index in [9.17, 15) is 13.2 Å². The van der Waals surface area contributed by atoms with Crippen molar-refractivity contribution < 1.29 is 13.2 Å². The molecule has 6 nitrogen and oxygen atoms in total. The van der Waals surface area contributed by atoms with E-state index >= 15 is 0 Å². The second-order valence-corrected chi connectivity index (χ2v) is 7.54. The van der Waals surface area contributed by atoms with Crippen molar-refractivity contribution in [3.8, 4) is 0 Å². The zero-order valence-corrected chi connectivity index (χ0v) is 15.4. The van der Waals surface area contributed by atoms with Gasteiger partial charge >= 0.3 is 0 Å². The molecule has 0 bridgehead atoms. The second-order valence-electron chi connectivity index (χ2n) is 5.77. The molecular formula is C18H23N3O3S. The van der Waals surface area contributed by atoms with E-state index in [0.717, 1.165) is 11.3 Å². The van der Waals surface area contributed by atoms with Crippen molar-refractivity contribution in [1.82, 2.24) is 10.0 Å². The summed E-state index contributed by atoms with van der Waals surface area (Å²) >= 11 is 0. The zero-order chi connectivity index (χ0) is 18.4. The van der Waals surface area contributed by atoms with Crippen LogP contribution in [0.25, 0.3) is 0 Å². The minimum atomic E-state index is -3.58. The fourth-order valence-corrected chi connectivity index (χ4v) is 3.36. The standard InChI is InChI=1S/C18H23N3O3S/c1-4-20-25(23,24)17-7-5-6-15(12-17)18(22)19-13-14-8-10-16(11-9-14)21(2)3/h5-12,20H,4,13H2,1-3H3,(H,19,22). The molecule has 0 aliphatic carbocycles. The summed E-state index contributed by atoms with van der Waals surface area (Å²) in [6.07, 6.45) is 0. The third-order valence-electron chi connectivity index (χ3n) is 3.65. The Kier molecular flexibility index (Phi) is 6.17. The molecular weight excluding hydrogens is 338 g/mol. The first-order valence-corrected chi connectivity index (χ1v) is 9.46. The molecule has 0 heterocycles. The second kappa shape index (κ2) is 8.13. The van der Waals surface area contributed by atoms with E-state index in [0.29, 0.717) is 18.7 Å². The lowest BCUT2D eigenvalue weighted by molar-refractivity contribution is 0.0950. The largest absolute Gasteiger partial charge is 0.378 e. The quantitative estimate of drug-likeness (QED) is 0.790. The molecule has 2 rings (SSSR count). The molecule has 0 aliphatic rings. The number of nitrogens with one attached hydrogen (secondary N) is 2. The van der Waals surface area contributed by atoms with E-state index in [2.05, 4.69) is 10.0 Å². The maximum absolute atomic E-state index is 12.3. The van der Waals surface area contributed by atoms with Crippen molar-refractivity contribution in [3.63, 3.8) is 0 Å². The van der Waals surface area contributed by atoms with Gasteiger partial charge in [0.15, 0.2) is 0 Å². The van der Waals surface area contributed by atoms with E-state index in [1.165, 1.54) is 12.1 Å². The molecule has 1 amide bonds. The number of sulfonamides is 1. The van der Waals surface area contributed by atoms with E-state index in [1.54, 1.807) is 19.1 Å². The average molecular weight is 361 g/mol. The molecule has 0 unspecified atom stereocenters. The Morgan fingerprint density at radius 2 is 1.76 bits per heavy atom. The van der Waals surface area contributed by atoms with E-state index in [-0.39, 0.29) is 10.8 Å². The van der Waals surface area contributed by atoms with E-state index < -0.39 is 10.0 Å². The van der Waals surface area contributed by atoms with Gasteiger partial charge in [-0.15, -0.1) is 0 Å². The highest BCUT2D eigenvalue weighted by Crippen LogP contribution is 2.13. The predicted octanol–water partition coefficient (Wildman–Crippen LogP) is 1.98. The number of rotatable bonds is 7. The molecule has 2 N–H and O–H groups in total. The number of anilines is 1. The molecule has 0 fully saturated rings. The summed E-state index contributed by atoms with van der Waals surface area (Å²) in [6.45, 7) is 2.37. The van der Waals surface area contributed by atoms with Crippen molar-refractivity contribution in [3.05, 3.63) is 59.7 Å². The Labute approximate surface area is 148 Å². The number of carbonyl (C=O) groups excluding carboxylic acids is 1. The zero-order valence-electron chi connectivity index (χ0n) is 14.6. The van der Waals surface area contributed by atoms with Crippen molar-refractivity contribution in [2.24, 2.45) is 0 Å². The van der Waals surface area contributed by atoms with E-state index in [1.807, 2.05) is 43.3 Å². The van der Waals surface area contributed by atoms with Crippen LogP contribution >= 0.6 is 0 Å². The molecule has 25 heavy (non-hydrogen) atoms. The molecule has 0 saturated heterocycles. The van der Waals surface area contributed by atoms with Crippen molar-refractivity contribution >= 4 is 21.6 Å². The average Bonchev–Trinajstić information content (AvgIpc) is 2.60. The summed E-state index contributed by atoms with van der Waals surface area (Å²) in [6, 6.07) is 13.8. The molecule has 2 aromatic carbocycles. The fourth-order valence-electron chi connectivity index (χ4n) is 2.27. The summed E-state index contributed by atoms with van der Waals surface area (Å²) in [7, 11) is 0.346. The van der Waals surface area contributed by atoms with Gasteiger partial charge in [-0.2, -0.15) is 0 Å². The molecule has 2 aromatic rings. The van der Waals surface area contributed by atoms with Crippen LogP contribution in [-0.2, 0) is 16.6 Å². The van der Waals surface area contributed by atoms with Crippen LogP contribution in [0.1, 0.15) is 22.8 Å². The monoisotopic (exact) mass is 361 g/mol. The van der Waals surface area contributed by atoms with Crippen LogP contribution < -0.4 is 14.9 Å². The van der Waals surface area contributed by atoms with Gasteiger partial charge in [0.2, 0.25) is 10.0 Å². The minimum absolute atomic E-state index is 0.0809. The topological polar surface area (TPSA) is 78.5 Å². The molecule has 134 valence electrons. The summed E-state index contributed by atoms with van der Waals surface area (Å²) in [5, 5.41) is 2.81. The van der Waals surface area contributed by atoms with Crippen LogP contribution in [0.5, 0.6) is 0 Å². The number of amides is 1. The van der Waals surface area contributed by atoms with Gasteiger partial charge in [0.05, 0.1) is 4.90 Å². The van der Waals surface area contributed by atoms with Crippen LogP contribution in [0.3, 0.4) is 0 Å². The maximum Gasteiger partial charge on any atom is 0.251 e. The Morgan fingerprint density at radius 1 is 1.08 bits per heavy atom. The first-order valence-electron chi connectivity index (χ1n) is 7.97. The number of nitrogens with zero attached hydrogens (tertiary/aromatic N) is 1. The lowest BCUT2D eigenvalue weighted by Crippen LogP contribution is -2.25. The molecule has 0 radical (unpaired) electrons. The first kappa shape index (κ1) is 19.0. The van der Waals surface area contributed by atoms with Crippen LogP contribution in [0, 0.1) is 0 Å². The SMILES string of the molecule is CCNS(=O)(=O)c1cccc(C(=O)NCc2ccc(N(C)C)cc2)c1. The maximum atomic E-state index is 12.3. The molecule has 0 saturated carbocycles. The molecule has 0 atom stereocenters. The van der Waals surface area contributed by atoms with Crippen molar-refractivity contribution in [2.45, 2.75) is 18.4 Å². The fraction of sp³-hybridized carbons (Fsp3) is 0.278. The normalized spacial score (nSPS) is 11.2. The lowest BCUT2D eigenvalue weighted by atomic mass is 10.1. The van der Waals surface area contributed by atoms with Crippen LogP contribution in [0.4, 0.5) is 5.69 Å². The van der Waals surface area contributed by atoms with Gasteiger partial charge in [0.1, 0.15) is 0 Å². The lowest BCUT2D eigenvalue weighted by Gasteiger charge is -2.13. The Hall–Kier alpha value is -2.38. The third-order valence-corrected chi connectivity index (χ3v) is 5.19. The smallest absolute Gasteiger partial charge is 0.251 e. The van der Waals surface area contributed by atoms with Gasteiger partial charge in [-0.3, -0.25) is 4.79 Å². The molecule has 0 aromatic heterocycles. The van der Waals surface area contributed by atoms with Gasteiger partial charge in [-0.05, 0) is 35.9 Å². The first-order chi connectivity index (χ1) is 11.8. The Bertz CT molecular complexity index is 831. The van der Waals surface area contributed by atoms with Crippen molar-refractivity contribution in [2.75, 3.05) is 25.5 Å². The number of benzene rings is 2. The highest BCUT2D eigenvalue weighted by Gasteiger charge is 2.15. The highest BCUT2D eigenvalue weighted by atomic mass is 32.2. The Balaban J connectivity index is 2.06. The third kappa shape index (κ3) is 5.04. The molecule has 7 heteroatoms. The van der Waals surface area contributed by atoms with E-state index in [4.69, 9.17) is 0 Å². The Morgan fingerprint density at radius 3 is 2.36 bits per heavy atom.